The first-order valence-corrected chi connectivity index (χ1v) is 6.48. The first-order chi connectivity index (χ1) is 8.56. The van der Waals surface area contributed by atoms with Gasteiger partial charge in [-0.3, -0.25) is 4.79 Å². The molecule has 0 aliphatic rings. The van der Waals surface area contributed by atoms with Gasteiger partial charge < -0.3 is 15.0 Å². The van der Waals surface area contributed by atoms with E-state index < -0.39 is 0 Å². The molecule has 0 saturated heterocycles. The van der Waals surface area contributed by atoms with Gasteiger partial charge in [-0.1, -0.05) is 0 Å². The average Bonchev–Trinajstić information content (AvgIpc) is 2.36. The summed E-state index contributed by atoms with van der Waals surface area (Å²) in [6.45, 7) is 3.21. The van der Waals surface area contributed by atoms with Crippen LogP contribution in [0.4, 0.5) is 5.69 Å². The number of halogens is 1. The fraction of sp³-hybridized carbons (Fsp3) is 0.636. The van der Waals surface area contributed by atoms with Crippen molar-refractivity contribution in [3.05, 3.63) is 21.0 Å². The van der Waals surface area contributed by atoms with Gasteiger partial charge in [0.15, 0.2) is 0 Å². The molecule has 18 heavy (non-hydrogen) atoms. The Kier molecular flexibility index (Phi) is 6.31. The molecule has 0 aliphatic carbocycles. The SMILES string of the molecule is COCCN(C)CCNc1cnn(C)c(=O)c1Br. The molecule has 0 amide bonds. The second kappa shape index (κ2) is 7.50. The van der Waals surface area contributed by atoms with Gasteiger partial charge in [-0.25, -0.2) is 4.68 Å². The fourth-order valence-corrected chi connectivity index (χ4v) is 1.87. The van der Waals surface area contributed by atoms with Gasteiger partial charge in [0.05, 0.1) is 18.5 Å². The summed E-state index contributed by atoms with van der Waals surface area (Å²) in [6, 6.07) is 0. The van der Waals surface area contributed by atoms with Gasteiger partial charge in [0.1, 0.15) is 4.47 Å². The van der Waals surface area contributed by atoms with Crippen LogP contribution in [0.25, 0.3) is 0 Å². The Bertz CT molecular complexity index is 436. The standard InChI is InChI=1S/C11H19BrN4O2/c1-15(6-7-18-3)5-4-13-9-8-14-16(2)11(17)10(9)12/h8,13H,4-7H2,1-3H3. The molecule has 0 unspecified atom stereocenters. The van der Waals surface area contributed by atoms with E-state index in [0.29, 0.717) is 11.1 Å². The Labute approximate surface area is 115 Å². The Morgan fingerprint density at radius 2 is 2.28 bits per heavy atom. The van der Waals surface area contributed by atoms with E-state index in [1.54, 1.807) is 20.4 Å². The molecule has 1 rings (SSSR count). The molecule has 1 aromatic rings. The number of nitrogens with zero attached hydrogens (tertiary/aromatic N) is 3. The number of nitrogens with one attached hydrogen (secondary N) is 1. The van der Waals surface area contributed by atoms with Crippen molar-refractivity contribution in [2.24, 2.45) is 7.05 Å². The topological polar surface area (TPSA) is 59.4 Å². The minimum Gasteiger partial charge on any atom is -0.383 e. The molecule has 0 bridgehead atoms. The van der Waals surface area contributed by atoms with Crippen molar-refractivity contribution in [3.63, 3.8) is 0 Å². The number of likely N-dealkylation sites (N-methyl/N-ethyl adjacent to an activating group) is 1. The maximum absolute atomic E-state index is 11.6. The Morgan fingerprint density at radius 3 is 2.94 bits per heavy atom. The molecule has 102 valence electrons. The van der Waals surface area contributed by atoms with E-state index in [1.807, 2.05) is 7.05 Å². The van der Waals surface area contributed by atoms with Crippen LogP contribution in [0.1, 0.15) is 0 Å². The molecule has 0 spiro atoms. The Balaban J connectivity index is 2.45. The zero-order valence-electron chi connectivity index (χ0n) is 10.9. The van der Waals surface area contributed by atoms with Crippen molar-refractivity contribution in [1.29, 1.82) is 0 Å². The van der Waals surface area contributed by atoms with Crippen LogP contribution in [-0.2, 0) is 11.8 Å². The molecular formula is C11H19BrN4O2. The minimum atomic E-state index is -0.146. The molecule has 6 nitrogen and oxygen atoms in total. The van der Waals surface area contributed by atoms with Gasteiger partial charge in [0.2, 0.25) is 0 Å². The molecule has 7 heteroatoms. The van der Waals surface area contributed by atoms with Gasteiger partial charge >= 0.3 is 0 Å². The van der Waals surface area contributed by atoms with E-state index in [4.69, 9.17) is 4.74 Å². The molecule has 0 atom stereocenters. The van der Waals surface area contributed by atoms with E-state index in [9.17, 15) is 4.79 Å². The predicted molar refractivity (Wildman–Crippen MR) is 75.0 cm³/mol. The molecule has 0 fully saturated rings. The molecular weight excluding hydrogens is 300 g/mol. The van der Waals surface area contributed by atoms with Gasteiger partial charge in [-0.05, 0) is 23.0 Å². The maximum Gasteiger partial charge on any atom is 0.282 e. The highest BCUT2D eigenvalue weighted by Gasteiger charge is 2.06. The number of ether oxygens (including phenoxy) is 1. The maximum atomic E-state index is 11.6. The highest BCUT2D eigenvalue weighted by Crippen LogP contribution is 2.15. The number of aryl methyl sites for hydroxylation is 1. The second-order valence-corrected chi connectivity index (χ2v) is 4.82. The summed E-state index contributed by atoms with van der Waals surface area (Å²) in [5, 5.41) is 7.15. The average molecular weight is 319 g/mol. The van der Waals surface area contributed by atoms with Gasteiger partial charge in [-0.15, -0.1) is 0 Å². The summed E-state index contributed by atoms with van der Waals surface area (Å²) in [4.78, 5) is 13.8. The van der Waals surface area contributed by atoms with E-state index in [-0.39, 0.29) is 5.56 Å². The zero-order chi connectivity index (χ0) is 13.5. The summed E-state index contributed by atoms with van der Waals surface area (Å²) in [5.41, 5.74) is 0.575. The van der Waals surface area contributed by atoms with Crippen molar-refractivity contribution in [2.45, 2.75) is 0 Å². The van der Waals surface area contributed by atoms with Crippen molar-refractivity contribution in [3.8, 4) is 0 Å². The number of anilines is 1. The van der Waals surface area contributed by atoms with Crippen LogP contribution in [0.3, 0.4) is 0 Å². The lowest BCUT2D eigenvalue weighted by molar-refractivity contribution is 0.163. The van der Waals surface area contributed by atoms with Crippen molar-refractivity contribution >= 4 is 21.6 Å². The lowest BCUT2D eigenvalue weighted by Gasteiger charge is -2.16. The highest BCUT2D eigenvalue weighted by atomic mass is 79.9. The van der Waals surface area contributed by atoms with E-state index in [1.165, 1.54) is 4.68 Å². The molecule has 1 N–H and O–H groups in total. The van der Waals surface area contributed by atoms with Crippen LogP contribution in [0.15, 0.2) is 15.5 Å². The van der Waals surface area contributed by atoms with E-state index in [0.717, 1.165) is 25.3 Å². The van der Waals surface area contributed by atoms with Crippen molar-refractivity contribution < 1.29 is 4.74 Å². The minimum absolute atomic E-state index is 0.146. The number of rotatable bonds is 7. The zero-order valence-corrected chi connectivity index (χ0v) is 12.5. The van der Waals surface area contributed by atoms with Crippen LogP contribution in [0, 0.1) is 0 Å². The fourth-order valence-electron chi connectivity index (χ4n) is 1.37. The lowest BCUT2D eigenvalue weighted by Crippen LogP contribution is -2.29. The monoisotopic (exact) mass is 318 g/mol. The molecule has 1 aromatic heterocycles. The quantitative estimate of drug-likeness (QED) is 0.795. The number of methoxy groups -OCH3 is 1. The third kappa shape index (κ3) is 4.40. The predicted octanol–water partition coefficient (Wildman–Crippen LogP) is 0.533. The molecule has 1 heterocycles. The van der Waals surface area contributed by atoms with E-state index >= 15 is 0 Å². The van der Waals surface area contributed by atoms with Crippen molar-refractivity contribution in [2.75, 3.05) is 45.7 Å². The Hall–Kier alpha value is -0.920. The largest absolute Gasteiger partial charge is 0.383 e. The number of hydrogen-bond donors (Lipinski definition) is 1. The van der Waals surface area contributed by atoms with Crippen LogP contribution in [0.5, 0.6) is 0 Å². The first-order valence-electron chi connectivity index (χ1n) is 5.69. The second-order valence-electron chi connectivity index (χ2n) is 4.02. The van der Waals surface area contributed by atoms with Gasteiger partial charge in [0.25, 0.3) is 5.56 Å². The summed E-state index contributed by atoms with van der Waals surface area (Å²) in [6.07, 6.45) is 1.64. The van der Waals surface area contributed by atoms with Gasteiger partial charge in [-0.2, -0.15) is 5.10 Å². The number of hydrogen-bond acceptors (Lipinski definition) is 5. The van der Waals surface area contributed by atoms with Crippen LogP contribution >= 0.6 is 15.9 Å². The van der Waals surface area contributed by atoms with Crippen LogP contribution in [-0.4, -0.2) is 55.1 Å². The lowest BCUT2D eigenvalue weighted by atomic mass is 10.4. The Morgan fingerprint density at radius 1 is 1.56 bits per heavy atom. The summed E-state index contributed by atoms with van der Waals surface area (Å²) >= 11 is 3.27. The van der Waals surface area contributed by atoms with E-state index in [2.05, 4.69) is 31.2 Å². The van der Waals surface area contributed by atoms with Crippen molar-refractivity contribution in [1.82, 2.24) is 14.7 Å². The van der Waals surface area contributed by atoms with Crippen LogP contribution in [0.2, 0.25) is 0 Å². The van der Waals surface area contributed by atoms with Gasteiger partial charge in [0, 0.05) is 33.8 Å². The summed E-state index contributed by atoms with van der Waals surface area (Å²) in [5.74, 6) is 0. The molecule has 0 saturated carbocycles. The molecule has 0 aliphatic heterocycles. The summed E-state index contributed by atoms with van der Waals surface area (Å²) in [7, 11) is 5.34. The highest BCUT2D eigenvalue weighted by molar-refractivity contribution is 9.10. The third-order valence-corrected chi connectivity index (χ3v) is 3.33. The normalized spacial score (nSPS) is 10.9. The van der Waals surface area contributed by atoms with Crippen LogP contribution < -0.4 is 10.9 Å². The molecule has 0 radical (unpaired) electrons. The smallest absolute Gasteiger partial charge is 0.282 e. The first kappa shape index (κ1) is 15.1. The third-order valence-electron chi connectivity index (χ3n) is 2.56. The summed E-state index contributed by atoms with van der Waals surface area (Å²) < 4.78 is 6.81. The molecule has 0 aromatic carbocycles. The number of aromatic nitrogens is 2.